The maximum absolute atomic E-state index is 12.6. The minimum Gasteiger partial charge on any atom is -0.345 e. The molecule has 0 aliphatic carbocycles. The van der Waals surface area contributed by atoms with E-state index in [-0.39, 0.29) is 16.3 Å². The summed E-state index contributed by atoms with van der Waals surface area (Å²) < 4.78 is 27.4. The summed E-state index contributed by atoms with van der Waals surface area (Å²) in [6.07, 6.45) is 0. The summed E-state index contributed by atoms with van der Waals surface area (Å²) in [5, 5.41) is 11.3. The van der Waals surface area contributed by atoms with Crippen molar-refractivity contribution in [1.82, 2.24) is 4.90 Å². The van der Waals surface area contributed by atoms with E-state index in [0.29, 0.717) is 0 Å². The molecule has 10 heteroatoms. The maximum Gasteiger partial charge on any atom is 0.289 e. The van der Waals surface area contributed by atoms with Gasteiger partial charge in [0.1, 0.15) is 0 Å². The van der Waals surface area contributed by atoms with E-state index in [0.717, 1.165) is 12.1 Å². The standard InChI is InChI=1S/C15H14ClN3O5S/c1-18(2)15(20)11-8-7-10(16)9-12(11)17-25(23,24)14-6-4-3-5-13(14)19(21)22/h3-9,17H,1-2H3. The monoisotopic (exact) mass is 383 g/mol. The lowest BCUT2D eigenvalue weighted by atomic mass is 10.1. The van der Waals surface area contributed by atoms with Gasteiger partial charge in [-0.05, 0) is 24.3 Å². The first kappa shape index (κ1) is 18.7. The number of hydrogen-bond donors (Lipinski definition) is 1. The molecule has 0 atom stereocenters. The number of sulfonamides is 1. The van der Waals surface area contributed by atoms with Gasteiger partial charge in [-0.1, -0.05) is 23.7 Å². The number of nitro benzene ring substituents is 1. The van der Waals surface area contributed by atoms with Crippen LogP contribution >= 0.6 is 11.6 Å². The summed E-state index contributed by atoms with van der Waals surface area (Å²) in [7, 11) is -1.29. The van der Waals surface area contributed by atoms with Gasteiger partial charge in [0.2, 0.25) is 0 Å². The Labute approximate surface area is 149 Å². The Morgan fingerprint density at radius 3 is 2.44 bits per heavy atom. The van der Waals surface area contributed by atoms with Crippen molar-refractivity contribution in [2.75, 3.05) is 18.8 Å². The van der Waals surface area contributed by atoms with E-state index < -0.39 is 31.4 Å². The van der Waals surface area contributed by atoms with Crippen molar-refractivity contribution in [2.45, 2.75) is 4.90 Å². The predicted octanol–water partition coefficient (Wildman–Crippen LogP) is 2.75. The van der Waals surface area contributed by atoms with Crippen molar-refractivity contribution >= 4 is 38.9 Å². The van der Waals surface area contributed by atoms with E-state index in [1.165, 1.54) is 49.3 Å². The molecule has 25 heavy (non-hydrogen) atoms. The molecule has 132 valence electrons. The zero-order chi connectivity index (χ0) is 18.8. The number of carbonyl (C=O) groups is 1. The molecule has 0 saturated heterocycles. The average Bonchev–Trinajstić information content (AvgIpc) is 2.54. The first-order chi connectivity index (χ1) is 11.6. The molecule has 0 aliphatic heterocycles. The largest absolute Gasteiger partial charge is 0.345 e. The molecule has 2 rings (SSSR count). The van der Waals surface area contributed by atoms with Crippen LogP contribution in [0.1, 0.15) is 10.4 Å². The highest BCUT2D eigenvalue weighted by atomic mass is 35.5. The second-order valence-electron chi connectivity index (χ2n) is 5.22. The molecule has 0 saturated carbocycles. The number of para-hydroxylation sites is 1. The van der Waals surface area contributed by atoms with Gasteiger partial charge >= 0.3 is 0 Å². The van der Waals surface area contributed by atoms with Crippen LogP contribution in [-0.4, -0.2) is 38.2 Å². The van der Waals surface area contributed by atoms with Gasteiger partial charge in [0.05, 0.1) is 16.2 Å². The molecular formula is C15H14ClN3O5S. The van der Waals surface area contributed by atoms with Crippen molar-refractivity contribution in [2.24, 2.45) is 0 Å². The molecule has 2 aromatic carbocycles. The van der Waals surface area contributed by atoms with E-state index in [4.69, 9.17) is 11.6 Å². The van der Waals surface area contributed by atoms with Gasteiger partial charge in [-0.15, -0.1) is 0 Å². The minimum absolute atomic E-state index is 0.0654. The van der Waals surface area contributed by atoms with Crippen LogP contribution in [-0.2, 0) is 10.0 Å². The molecule has 0 bridgehead atoms. The number of amides is 1. The molecule has 0 fully saturated rings. The van der Waals surface area contributed by atoms with Crippen LogP contribution in [0.4, 0.5) is 11.4 Å². The van der Waals surface area contributed by atoms with Crippen LogP contribution in [0.3, 0.4) is 0 Å². The number of rotatable bonds is 5. The summed E-state index contributed by atoms with van der Waals surface area (Å²) >= 11 is 5.89. The average molecular weight is 384 g/mol. The van der Waals surface area contributed by atoms with Gasteiger partial charge < -0.3 is 4.90 Å². The highest BCUT2D eigenvalue weighted by molar-refractivity contribution is 7.92. The lowest BCUT2D eigenvalue weighted by Crippen LogP contribution is -2.24. The summed E-state index contributed by atoms with van der Waals surface area (Å²) in [6, 6.07) is 9.01. The Balaban J connectivity index is 2.54. The third-order valence-corrected chi connectivity index (χ3v) is 4.86. The van der Waals surface area contributed by atoms with Crippen LogP contribution in [0.25, 0.3) is 0 Å². The second kappa shape index (κ2) is 7.08. The topological polar surface area (TPSA) is 110 Å². The Morgan fingerprint density at radius 1 is 1.20 bits per heavy atom. The van der Waals surface area contributed by atoms with E-state index in [1.807, 2.05) is 0 Å². The van der Waals surface area contributed by atoms with Crippen LogP contribution in [0.5, 0.6) is 0 Å². The summed E-state index contributed by atoms with van der Waals surface area (Å²) in [6.45, 7) is 0. The maximum atomic E-state index is 12.6. The van der Waals surface area contributed by atoms with Gasteiger partial charge in [0, 0.05) is 25.2 Å². The van der Waals surface area contributed by atoms with Crippen molar-refractivity contribution in [1.29, 1.82) is 0 Å². The van der Waals surface area contributed by atoms with Gasteiger partial charge in [0.15, 0.2) is 4.90 Å². The number of anilines is 1. The van der Waals surface area contributed by atoms with Crippen LogP contribution < -0.4 is 4.72 Å². The van der Waals surface area contributed by atoms with Crippen LogP contribution in [0, 0.1) is 10.1 Å². The zero-order valence-electron chi connectivity index (χ0n) is 13.3. The number of carbonyl (C=O) groups excluding carboxylic acids is 1. The van der Waals surface area contributed by atoms with Crippen molar-refractivity contribution in [3.05, 3.63) is 63.2 Å². The molecular weight excluding hydrogens is 370 g/mol. The van der Waals surface area contributed by atoms with Crippen molar-refractivity contribution in [3.63, 3.8) is 0 Å². The number of nitrogens with zero attached hydrogens (tertiary/aromatic N) is 2. The molecule has 0 radical (unpaired) electrons. The van der Waals surface area contributed by atoms with E-state index >= 15 is 0 Å². The highest BCUT2D eigenvalue weighted by Crippen LogP contribution is 2.28. The fourth-order valence-corrected chi connectivity index (χ4v) is 3.48. The number of nitro groups is 1. The molecule has 0 unspecified atom stereocenters. The summed E-state index contributed by atoms with van der Waals surface area (Å²) in [5.41, 5.74) is -0.571. The Hall–Kier alpha value is -2.65. The lowest BCUT2D eigenvalue weighted by Gasteiger charge is -2.16. The molecule has 0 aromatic heterocycles. The Morgan fingerprint density at radius 2 is 1.84 bits per heavy atom. The smallest absolute Gasteiger partial charge is 0.289 e. The molecule has 1 amide bonds. The fraction of sp³-hybridized carbons (Fsp3) is 0.133. The molecule has 0 spiro atoms. The number of nitrogens with one attached hydrogen (secondary N) is 1. The lowest BCUT2D eigenvalue weighted by molar-refractivity contribution is -0.387. The molecule has 1 N–H and O–H groups in total. The van der Waals surface area contributed by atoms with Crippen molar-refractivity contribution < 1.29 is 18.1 Å². The highest BCUT2D eigenvalue weighted by Gasteiger charge is 2.27. The van der Waals surface area contributed by atoms with E-state index in [1.54, 1.807) is 0 Å². The second-order valence-corrected chi connectivity index (χ2v) is 7.31. The number of halogens is 1. The third-order valence-electron chi connectivity index (χ3n) is 3.21. The fourth-order valence-electron chi connectivity index (χ4n) is 2.06. The molecule has 2 aromatic rings. The van der Waals surface area contributed by atoms with Crippen LogP contribution in [0.15, 0.2) is 47.4 Å². The van der Waals surface area contributed by atoms with Gasteiger partial charge in [0.25, 0.3) is 21.6 Å². The van der Waals surface area contributed by atoms with E-state index in [2.05, 4.69) is 4.72 Å². The normalized spacial score (nSPS) is 11.0. The minimum atomic E-state index is -4.31. The summed E-state index contributed by atoms with van der Waals surface area (Å²) in [4.78, 5) is 23.3. The van der Waals surface area contributed by atoms with E-state index in [9.17, 15) is 23.3 Å². The molecule has 0 aliphatic rings. The van der Waals surface area contributed by atoms with Crippen LogP contribution in [0.2, 0.25) is 5.02 Å². The third kappa shape index (κ3) is 4.06. The number of hydrogen-bond acceptors (Lipinski definition) is 5. The SMILES string of the molecule is CN(C)C(=O)c1ccc(Cl)cc1NS(=O)(=O)c1ccccc1[N+](=O)[O-]. The quantitative estimate of drug-likeness (QED) is 0.630. The molecule has 0 heterocycles. The van der Waals surface area contributed by atoms with Gasteiger partial charge in [-0.3, -0.25) is 19.6 Å². The molecule has 8 nitrogen and oxygen atoms in total. The zero-order valence-corrected chi connectivity index (χ0v) is 14.8. The van der Waals surface area contributed by atoms with Gasteiger partial charge in [-0.25, -0.2) is 8.42 Å². The first-order valence-corrected chi connectivity index (χ1v) is 8.77. The Bertz CT molecular complexity index is 944. The van der Waals surface area contributed by atoms with Gasteiger partial charge in [-0.2, -0.15) is 0 Å². The Kier molecular flexibility index (Phi) is 5.29. The first-order valence-electron chi connectivity index (χ1n) is 6.91. The predicted molar refractivity (Wildman–Crippen MR) is 93.4 cm³/mol. The summed E-state index contributed by atoms with van der Waals surface area (Å²) in [5.74, 6) is -0.447. The van der Waals surface area contributed by atoms with Crippen molar-refractivity contribution in [3.8, 4) is 0 Å². The number of benzene rings is 2.